The highest BCUT2D eigenvalue weighted by molar-refractivity contribution is 6.42. The number of allylic oxidation sites excluding steroid dienone is 1. The first-order valence-electron chi connectivity index (χ1n) is 8.07. The zero-order valence-corrected chi connectivity index (χ0v) is 16.8. The average Bonchev–Trinajstić information content (AvgIpc) is 2.58. The van der Waals surface area contributed by atoms with Gasteiger partial charge in [0.15, 0.2) is 0 Å². The van der Waals surface area contributed by atoms with Crippen LogP contribution in [-0.2, 0) is 19.1 Å². The van der Waals surface area contributed by atoms with Crippen LogP contribution in [-0.4, -0.2) is 37.1 Å². The van der Waals surface area contributed by atoms with Crippen molar-refractivity contribution >= 4 is 35.1 Å². The molecule has 1 atom stereocenters. The minimum absolute atomic E-state index is 0.279. The largest absolute Gasteiger partial charge is 0.466 e. The van der Waals surface area contributed by atoms with Crippen LogP contribution in [0.15, 0.2) is 41.2 Å². The number of ether oxygens (including phenoxy) is 2. The van der Waals surface area contributed by atoms with Gasteiger partial charge in [0.1, 0.15) is 0 Å². The molecule has 1 heterocycles. The predicted molar refractivity (Wildman–Crippen MR) is 101 cm³/mol. The number of hydrogen-bond donors (Lipinski definition) is 0. The van der Waals surface area contributed by atoms with Crippen LogP contribution in [0.5, 0.6) is 0 Å². The Morgan fingerprint density at radius 2 is 1.85 bits per heavy atom. The summed E-state index contributed by atoms with van der Waals surface area (Å²) in [7, 11) is 3.04. The quantitative estimate of drug-likeness (QED) is 0.708. The number of nitrogens with zero attached hydrogens (tertiary/aromatic N) is 1. The molecule has 0 spiro atoms. The summed E-state index contributed by atoms with van der Waals surface area (Å²) in [5, 5.41) is 0.614. The van der Waals surface area contributed by atoms with Gasteiger partial charge in [-0.1, -0.05) is 35.3 Å². The number of esters is 2. The molecule has 0 saturated heterocycles. The Morgan fingerprint density at radius 3 is 2.42 bits per heavy atom. The minimum atomic E-state index is -0.740. The van der Waals surface area contributed by atoms with E-state index in [2.05, 4.69) is 0 Å². The SMILES string of the molecule is COC(=O)C1=C(C)N(C)C=C(C(=O)OC(C)C)C1c1cccc(Cl)c1Cl. The van der Waals surface area contributed by atoms with Gasteiger partial charge in [0.2, 0.25) is 0 Å². The van der Waals surface area contributed by atoms with E-state index < -0.39 is 17.9 Å². The standard InChI is InChI=1S/C19H21Cl2NO4/c1-10(2)26-18(23)13-9-22(4)11(3)15(19(24)25-5)16(13)12-7-6-8-14(20)17(12)21/h6-10,16H,1-5H3. The lowest BCUT2D eigenvalue weighted by Gasteiger charge is -2.32. The molecule has 0 amide bonds. The maximum Gasteiger partial charge on any atom is 0.336 e. The molecule has 0 aliphatic carbocycles. The van der Waals surface area contributed by atoms with E-state index in [0.29, 0.717) is 21.9 Å². The Kier molecular flexibility index (Phi) is 6.37. The van der Waals surface area contributed by atoms with Crippen molar-refractivity contribution in [1.29, 1.82) is 0 Å². The fourth-order valence-electron chi connectivity index (χ4n) is 2.83. The van der Waals surface area contributed by atoms with Crippen molar-refractivity contribution in [3.8, 4) is 0 Å². The van der Waals surface area contributed by atoms with Gasteiger partial charge in [-0.2, -0.15) is 0 Å². The zero-order valence-electron chi connectivity index (χ0n) is 15.3. The molecule has 1 aliphatic rings. The number of benzene rings is 1. The molecule has 0 bridgehead atoms. The summed E-state index contributed by atoms with van der Waals surface area (Å²) in [5.74, 6) is -1.81. The first-order valence-corrected chi connectivity index (χ1v) is 8.83. The van der Waals surface area contributed by atoms with E-state index in [4.69, 9.17) is 32.7 Å². The van der Waals surface area contributed by atoms with E-state index in [9.17, 15) is 9.59 Å². The molecule has 0 fully saturated rings. The van der Waals surface area contributed by atoms with Crippen LogP contribution in [0.3, 0.4) is 0 Å². The van der Waals surface area contributed by atoms with Gasteiger partial charge in [0.05, 0.1) is 40.3 Å². The van der Waals surface area contributed by atoms with Crippen LogP contribution in [0.2, 0.25) is 10.0 Å². The molecule has 1 unspecified atom stereocenters. The molecular weight excluding hydrogens is 377 g/mol. The molecule has 2 rings (SSSR count). The third-order valence-electron chi connectivity index (χ3n) is 4.13. The summed E-state index contributed by atoms with van der Waals surface area (Å²) in [6, 6.07) is 5.10. The molecule has 0 radical (unpaired) electrons. The van der Waals surface area contributed by atoms with E-state index in [1.54, 1.807) is 57.1 Å². The van der Waals surface area contributed by atoms with Crippen LogP contribution in [0.4, 0.5) is 0 Å². The first-order chi connectivity index (χ1) is 12.2. The lowest BCUT2D eigenvalue weighted by molar-refractivity contribution is -0.143. The number of carbonyl (C=O) groups excluding carboxylic acids is 2. The number of rotatable bonds is 4. The van der Waals surface area contributed by atoms with E-state index in [-0.39, 0.29) is 16.7 Å². The maximum atomic E-state index is 12.7. The van der Waals surface area contributed by atoms with Gasteiger partial charge >= 0.3 is 11.9 Å². The zero-order chi connectivity index (χ0) is 19.6. The lowest BCUT2D eigenvalue weighted by Crippen LogP contribution is -2.31. The molecule has 26 heavy (non-hydrogen) atoms. The second-order valence-electron chi connectivity index (χ2n) is 6.22. The fourth-order valence-corrected chi connectivity index (χ4v) is 3.25. The van der Waals surface area contributed by atoms with E-state index in [0.717, 1.165) is 0 Å². The van der Waals surface area contributed by atoms with Crippen molar-refractivity contribution < 1.29 is 19.1 Å². The van der Waals surface area contributed by atoms with E-state index in [1.165, 1.54) is 7.11 Å². The van der Waals surface area contributed by atoms with Crippen molar-refractivity contribution in [2.24, 2.45) is 0 Å². The third-order valence-corrected chi connectivity index (χ3v) is 4.96. The Labute approximate surface area is 163 Å². The van der Waals surface area contributed by atoms with Crippen LogP contribution in [0.1, 0.15) is 32.3 Å². The number of carbonyl (C=O) groups is 2. The van der Waals surface area contributed by atoms with Crippen molar-refractivity contribution in [1.82, 2.24) is 4.90 Å². The molecule has 5 nitrogen and oxygen atoms in total. The second-order valence-corrected chi connectivity index (χ2v) is 7.00. The summed E-state index contributed by atoms with van der Waals surface area (Å²) in [6.07, 6.45) is 1.34. The Hall–Kier alpha value is -1.98. The Balaban J connectivity index is 2.70. The molecule has 0 N–H and O–H groups in total. The van der Waals surface area contributed by atoms with Crippen LogP contribution in [0.25, 0.3) is 0 Å². The molecule has 140 valence electrons. The number of hydrogen-bond acceptors (Lipinski definition) is 5. The lowest BCUT2D eigenvalue weighted by atomic mass is 9.81. The normalized spacial score (nSPS) is 17.3. The second kappa shape index (κ2) is 8.14. The van der Waals surface area contributed by atoms with E-state index in [1.807, 2.05) is 0 Å². The number of methoxy groups -OCH3 is 1. The highest BCUT2D eigenvalue weighted by Crippen LogP contribution is 2.43. The summed E-state index contributed by atoms with van der Waals surface area (Å²) >= 11 is 12.6. The van der Waals surface area contributed by atoms with Crippen molar-refractivity contribution in [3.05, 3.63) is 56.9 Å². The van der Waals surface area contributed by atoms with Crippen LogP contribution >= 0.6 is 23.2 Å². The minimum Gasteiger partial charge on any atom is -0.466 e. The molecular formula is C19H21Cl2NO4. The molecule has 0 saturated carbocycles. The van der Waals surface area contributed by atoms with Gasteiger partial charge in [0, 0.05) is 18.9 Å². The average molecular weight is 398 g/mol. The number of halogens is 2. The van der Waals surface area contributed by atoms with Crippen molar-refractivity contribution in [3.63, 3.8) is 0 Å². The Bertz CT molecular complexity index is 799. The first kappa shape index (κ1) is 20.3. The van der Waals surface area contributed by atoms with Crippen molar-refractivity contribution in [2.75, 3.05) is 14.2 Å². The predicted octanol–water partition coefficient (Wildman–Crippen LogP) is 4.30. The van der Waals surface area contributed by atoms with Gasteiger partial charge in [-0.25, -0.2) is 9.59 Å². The van der Waals surface area contributed by atoms with Gasteiger partial charge in [-0.15, -0.1) is 0 Å². The van der Waals surface area contributed by atoms with Gasteiger partial charge in [-0.05, 0) is 32.4 Å². The topological polar surface area (TPSA) is 55.8 Å². The summed E-state index contributed by atoms with van der Waals surface area (Å²) in [5.41, 5.74) is 1.80. The highest BCUT2D eigenvalue weighted by atomic mass is 35.5. The molecule has 7 heteroatoms. The third kappa shape index (κ3) is 3.89. The van der Waals surface area contributed by atoms with Crippen LogP contribution < -0.4 is 0 Å². The maximum absolute atomic E-state index is 12.7. The summed E-state index contributed by atoms with van der Waals surface area (Å²) in [6.45, 7) is 5.29. The summed E-state index contributed by atoms with van der Waals surface area (Å²) in [4.78, 5) is 27.0. The van der Waals surface area contributed by atoms with E-state index >= 15 is 0 Å². The summed E-state index contributed by atoms with van der Waals surface area (Å²) < 4.78 is 10.3. The van der Waals surface area contributed by atoms with Crippen LogP contribution in [0, 0.1) is 0 Å². The highest BCUT2D eigenvalue weighted by Gasteiger charge is 2.38. The molecule has 1 aromatic carbocycles. The monoisotopic (exact) mass is 397 g/mol. The smallest absolute Gasteiger partial charge is 0.336 e. The molecule has 1 aromatic rings. The van der Waals surface area contributed by atoms with Gasteiger partial charge in [-0.3, -0.25) is 0 Å². The fraction of sp³-hybridized carbons (Fsp3) is 0.368. The van der Waals surface area contributed by atoms with Crippen molar-refractivity contribution in [2.45, 2.75) is 32.8 Å². The Morgan fingerprint density at radius 1 is 1.19 bits per heavy atom. The molecule has 0 aromatic heterocycles. The van der Waals surface area contributed by atoms with Gasteiger partial charge in [0.25, 0.3) is 0 Å². The molecule has 1 aliphatic heterocycles. The van der Waals surface area contributed by atoms with Gasteiger partial charge < -0.3 is 14.4 Å².